The highest BCUT2D eigenvalue weighted by Crippen LogP contribution is 2.29. The van der Waals surface area contributed by atoms with E-state index in [4.69, 9.17) is 4.74 Å². The van der Waals surface area contributed by atoms with E-state index in [-0.39, 0.29) is 6.04 Å². The molecule has 3 aromatic carbocycles. The Morgan fingerprint density at radius 2 is 1.74 bits per heavy atom. The first-order valence-electron chi connectivity index (χ1n) is 11.6. The van der Waals surface area contributed by atoms with E-state index in [0.717, 1.165) is 34.6 Å². The summed E-state index contributed by atoms with van der Waals surface area (Å²) in [5.41, 5.74) is 4.48. The van der Waals surface area contributed by atoms with E-state index >= 15 is 0 Å². The Balaban J connectivity index is 1.58. The predicted octanol–water partition coefficient (Wildman–Crippen LogP) is 5.43. The predicted molar refractivity (Wildman–Crippen MR) is 139 cm³/mol. The van der Waals surface area contributed by atoms with Gasteiger partial charge in [-0.2, -0.15) is 0 Å². The molecule has 0 radical (unpaired) electrons. The molecule has 3 aromatic rings. The molecule has 6 heteroatoms. The van der Waals surface area contributed by atoms with E-state index in [1.165, 1.54) is 17.3 Å². The molecule has 0 aromatic heterocycles. The Morgan fingerprint density at radius 3 is 2.41 bits per heavy atom. The van der Waals surface area contributed by atoms with Gasteiger partial charge in [-0.1, -0.05) is 60.7 Å². The summed E-state index contributed by atoms with van der Waals surface area (Å²) < 4.78 is 5.38. The number of thioether (sulfide) groups is 1. The van der Waals surface area contributed by atoms with Crippen LogP contribution >= 0.6 is 11.8 Å². The van der Waals surface area contributed by atoms with Gasteiger partial charge in [0.2, 0.25) is 0 Å². The number of aliphatic hydroxyl groups is 1. The molecule has 0 saturated heterocycles. The van der Waals surface area contributed by atoms with E-state index < -0.39 is 12.1 Å². The van der Waals surface area contributed by atoms with Gasteiger partial charge in [-0.3, -0.25) is 0 Å². The summed E-state index contributed by atoms with van der Waals surface area (Å²) in [6.07, 6.45) is 0.306. The average Bonchev–Trinajstić information content (AvgIpc) is 2.87. The van der Waals surface area contributed by atoms with Gasteiger partial charge in [-0.15, -0.1) is 11.8 Å². The van der Waals surface area contributed by atoms with Gasteiger partial charge in [0.1, 0.15) is 0 Å². The summed E-state index contributed by atoms with van der Waals surface area (Å²) in [5, 5.41) is 23.4. The van der Waals surface area contributed by atoms with Crippen LogP contribution in [0.15, 0.2) is 77.7 Å². The number of hydrogen-bond acceptors (Lipinski definition) is 5. The first-order chi connectivity index (χ1) is 16.5. The van der Waals surface area contributed by atoms with Crippen LogP contribution < -0.4 is 5.32 Å². The Hall–Kier alpha value is -2.64. The van der Waals surface area contributed by atoms with Crippen molar-refractivity contribution >= 4 is 17.7 Å². The number of aliphatic hydroxyl groups excluding tert-OH is 1. The molecular weight excluding hydrogens is 446 g/mol. The largest absolute Gasteiger partial charge is 0.478 e. The maximum Gasteiger partial charge on any atom is 0.336 e. The lowest BCUT2D eigenvalue weighted by atomic mass is 10.0. The number of carboxylic acid groups (broad SMARTS) is 1. The molecule has 0 bridgehead atoms. The van der Waals surface area contributed by atoms with Gasteiger partial charge < -0.3 is 20.3 Å². The maximum atomic E-state index is 11.6. The van der Waals surface area contributed by atoms with Crippen molar-refractivity contribution in [1.29, 1.82) is 0 Å². The minimum Gasteiger partial charge on any atom is -0.478 e. The number of hydrogen-bond donors (Lipinski definition) is 3. The molecule has 0 heterocycles. The maximum absolute atomic E-state index is 11.6. The van der Waals surface area contributed by atoms with Crippen molar-refractivity contribution in [2.24, 2.45) is 0 Å². The van der Waals surface area contributed by atoms with E-state index in [2.05, 4.69) is 29.6 Å². The van der Waals surface area contributed by atoms with Gasteiger partial charge in [0, 0.05) is 23.3 Å². The Kier molecular flexibility index (Phi) is 10.2. The zero-order valence-electron chi connectivity index (χ0n) is 19.7. The summed E-state index contributed by atoms with van der Waals surface area (Å²) in [5.74, 6) is -0.208. The van der Waals surface area contributed by atoms with Gasteiger partial charge >= 0.3 is 5.97 Å². The van der Waals surface area contributed by atoms with Crippen molar-refractivity contribution in [3.63, 3.8) is 0 Å². The normalized spacial score (nSPS) is 12.9. The quantitative estimate of drug-likeness (QED) is 0.224. The van der Waals surface area contributed by atoms with Crippen LogP contribution in [0.25, 0.3) is 11.1 Å². The van der Waals surface area contributed by atoms with Gasteiger partial charge in [-0.05, 0) is 61.2 Å². The molecule has 180 valence electrons. The number of aromatic carboxylic acids is 1. The minimum absolute atomic E-state index is 0.0481. The highest BCUT2D eigenvalue weighted by atomic mass is 32.2. The summed E-state index contributed by atoms with van der Waals surface area (Å²) in [6.45, 7) is 5.95. The third-order valence-electron chi connectivity index (χ3n) is 5.68. The van der Waals surface area contributed by atoms with Crippen molar-refractivity contribution in [2.45, 2.75) is 37.3 Å². The second-order valence-corrected chi connectivity index (χ2v) is 9.24. The number of carbonyl (C=O) groups is 1. The molecule has 2 atom stereocenters. The first-order valence-corrected chi connectivity index (χ1v) is 12.6. The SMILES string of the molecule is CCOCCSc1cc(-c2ccc(CCN[C@@H](C)[C@H](O)c3ccccc3)cc2)ccc1C(=O)O. The van der Waals surface area contributed by atoms with Crippen LogP contribution in [0.3, 0.4) is 0 Å². The minimum atomic E-state index is -0.917. The number of benzene rings is 3. The van der Waals surface area contributed by atoms with Crippen molar-refractivity contribution < 1.29 is 19.7 Å². The molecule has 3 rings (SSSR count). The lowest BCUT2D eigenvalue weighted by Crippen LogP contribution is -2.33. The number of ether oxygens (including phenoxy) is 1. The summed E-state index contributed by atoms with van der Waals surface area (Å²) >= 11 is 1.51. The fourth-order valence-electron chi connectivity index (χ4n) is 3.71. The molecule has 0 aliphatic heterocycles. The van der Waals surface area contributed by atoms with Crippen LogP contribution in [0.1, 0.15) is 41.4 Å². The first kappa shape index (κ1) is 26.0. The second-order valence-electron chi connectivity index (χ2n) is 8.11. The van der Waals surface area contributed by atoms with Crippen LogP contribution in [0.5, 0.6) is 0 Å². The van der Waals surface area contributed by atoms with Gasteiger partial charge in [0.05, 0.1) is 18.3 Å². The summed E-state index contributed by atoms with van der Waals surface area (Å²) in [6, 6.07) is 23.5. The molecule has 34 heavy (non-hydrogen) atoms. The van der Waals surface area contributed by atoms with Crippen LogP contribution in [0, 0.1) is 0 Å². The lowest BCUT2D eigenvalue weighted by Gasteiger charge is -2.20. The van der Waals surface area contributed by atoms with Crippen LogP contribution in [0.2, 0.25) is 0 Å². The molecule has 0 spiro atoms. The lowest BCUT2D eigenvalue weighted by molar-refractivity contribution is 0.0693. The molecular formula is C28H33NO4S. The molecule has 5 nitrogen and oxygen atoms in total. The van der Waals surface area contributed by atoms with E-state index in [1.54, 1.807) is 6.07 Å². The number of carboxylic acids is 1. The fraction of sp³-hybridized carbons (Fsp3) is 0.321. The van der Waals surface area contributed by atoms with Crippen molar-refractivity contribution in [3.8, 4) is 11.1 Å². The smallest absolute Gasteiger partial charge is 0.336 e. The highest BCUT2D eigenvalue weighted by molar-refractivity contribution is 7.99. The summed E-state index contributed by atoms with van der Waals surface area (Å²) in [7, 11) is 0. The Morgan fingerprint density at radius 1 is 1.03 bits per heavy atom. The fourth-order valence-corrected chi connectivity index (χ4v) is 4.65. The summed E-state index contributed by atoms with van der Waals surface area (Å²) in [4.78, 5) is 12.4. The van der Waals surface area contributed by atoms with Crippen LogP contribution in [-0.4, -0.2) is 47.7 Å². The molecule has 3 N–H and O–H groups in total. The molecule has 0 amide bonds. The highest BCUT2D eigenvalue weighted by Gasteiger charge is 2.15. The van der Waals surface area contributed by atoms with E-state index in [1.807, 2.05) is 56.3 Å². The van der Waals surface area contributed by atoms with Crippen molar-refractivity contribution in [1.82, 2.24) is 5.32 Å². The second kappa shape index (κ2) is 13.3. The number of nitrogens with one attached hydrogen (secondary N) is 1. The Bertz CT molecular complexity index is 1040. The van der Waals surface area contributed by atoms with E-state index in [0.29, 0.717) is 24.5 Å². The van der Waals surface area contributed by atoms with Crippen molar-refractivity contribution in [2.75, 3.05) is 25.5 Å². The van der Waals surface area contributed by atoms with Crippen molar-refractivity contribution in [3.05, 3.63) is 89.5 Å². The third kappa shape index (κ3) is 7.43. The monoisotopic (exact) mass is 479 g/mol. The number of rotatable bonds is 13. The average molecular weight is 480 g/mol. The molecule has 0 fully saturated rings. The van der Waals surface area contributed by atoms with E-state index in [9.17, 15) is 15.0 Å². The Labute approximate surface area is 206 Å². The van der Waals surface area contributed by atoms with Gasteiger partial charge in [0.25, 0.3) is 0 Å². The third-order valence-corrected chi connectivity index (χ3v) is 6.70. The van der Waals surface area contributed by atoms with Crippen LogP contribution in [0.4, 0.5) is 0 Å². The van der Waals surface area contributed by atoms with Gasteiger partial charge in [0.15, 0.2) is 0 Å². The molecule has 0 saturated carbocycles. The zero-order chi connectivity index (χ0) is 24.3. The molecule has 0 aliphatic carbocycles. The molecule has 0 unspecified atom stereocenters. The van der Waals surface area contributed by atoms with Gasteiger partial charge in [-0.25, -0.2) is 4.79 Å². The standard InChI is InChI=1S/C28H33NO4S/c1-3-33-17-18-34-26-19-24(13-14-25(26)28(31)32)22-11-9-21(10-12-22)15-16-29-20(2)27(30)23-7-5-4-6-8-23/h4-14,19-20,27,29-30H,3,15-18H2,1-2H3,(H,31,32)/t20-,27-/m0/s1. The molecule has 0 aliphatic rings. The van der Waals surface area contributed by atoms with Crippen LogP contribution in [-0.2, 0) is 11.2 Å². The zero-order valence-corrected chi connectivity index (χ0v) is 20.6. The topological polar surface area (TPSA) is 78.8 Å².